The predicted molar refractivity (Wildman–Crippen MR) is 84.0 cm³/mol. The number of pyridine rings is 1. The number of aromatic nitrogens is 1. The summed E-state index contributed by atoms with van der Waals surface area (Å²) >= 11 is 0. The van der Waals surface area contributed by atoms with Crippen molar-refractivity contribution in [1.29, 1.82) is 0 Å². The molecule has 20 heavy (non-hydrogen) atoms. The molecule has 1 aromatic heterocycles. The Labute approximate surface area is 122 Å². The van der Waals surface area contributed by atoms with Gasteiger partial charge in [-0.3, -0.25) is 4.90 Å². The number of unbranched alkanes of at least 4 members (excludes halogenated alkanes) is 1. The molecule has 1 aliphatic heterocycles. The number of rotatable bonds is 6. The van der Waals surface area contributed by atoms with Crippen LogP contribution >= 0.6 is 0 Å². The van der Waals surface area contributed by atoms with E-state index < -0.39 is 0 Å². The second kappa shape index (κ2) is 6.57. The van der Waals surface area contributed by atoms with Crippen LogP contribution in [0.25, 0.3) is 0 Å². The van der Waals surface area contributed by atoms with Crippen molar-refractivity contribution in [1.82, 2.24) is 9.88 Å². The van der Waals surface area contributed by atoms with E-state index in [-0.39, 0.29) is 0 Å². The molecule has 1 saturated carbocycles. The highest BCUT2D eigenvalue weighted by Crippen LogP contribution is 2.31. The molecule has 1 atom stereocenters. The van der Waals surface area contributed by atoms with E-state index in [2.05, 4.69) is 40.5 Å². The molecule has 0 bridgehead atoms. The predicted octanol–water partition coefficient (Wildman–Crippen LogP) is 3.98. The quantitative estimate of drug-likeness (QED) is 0.849. The number of nitrogens with zero attached hydrogens (tertiary/aromatic N) is 2. The molecule has 2 aliphatic rings. The van der Waals surface area contributed by atoms with Gasteiger partial charge in [0.25, 0.3) is 0 Å². The van der Waals surface area contributed by atoms with Crippen LogP contribution in [0.15, 0.2) is 18.3 Å². The summed E-state index contributed by atoms with van der Waals surface area (Å²) < 4.78 is 0. The van der Waals surface area contributed by atoms with E-state index >= 15 is 0 Å². The van der Waals surface area contributed by atoms with Gasteiger partial charge in [0.05, 0.1) is 0 Å². The van der Waals surface area contributed by atoms with Gasteiger partial charge in [0.1, 0.15) is 5.82 Å². The van der Waals surface area contributed by atoms with Gasteiger partial charge in [-0.05, 0) is 56.8 Å². The summed E-state index contributed by atoms with van der Waals surface area (Å²) in [6.45, 7) is 4.77. The van der Waals surface area contributed by atoms with Gasteiger partial charge >= 0.3 is 0 Å². The highest BCUT2D eigenvalue weighted by molar-refractivity contribution is 5.38. The summed E-state index contributed by atoms with van der Waals surface area (Å²) in [5.74, 6) is 1.05. The Kier molecular flexibility index (Phi) is 4.56. The summed E-state index contributed by atoms with van der Waals surface area (Å²) in [4.78, 5) is 7.28. The summed E-state index contributed by atoms with van der Waals surface area (Å²) in [5.41, 5.74) is 1.40. The molecule has 0 amide bonds. The molecule has 0 aromatic carbocycles. The molecule has 3 nitrogen and oxygen atoms in total. The van der Waals surface area contributed by atoms with Gasteiger partial charge in [-0.1, -0.05) is 25.8 Å². The minimum absolute atomic E-state index is 0.595. The molecule has 2 heterocycles. The first-order chi connectivity index (χ1) is 9.86. The third-order valence-corrected chi connectivity index (χ3v) is 4.51. The van der Waals surface area contributed by atoms with Crippen LogP contribution in [0.5, 0.6) is 0 Å². The van der Waals surface area contributed by atoms with Crippen molar-refractivity contribution in [3.8, 4) is 0 Å². The zero-order valence-corrected chi connectivity index (χ0v) is 12.6. The Hall–Kier alpha value is -1.09. The lowest BCUT2D eigenvalue weighted by Crippen LogP contribution is -2.34. The molecule has 0 spiro atoms. The summed E-state index contributed by atoms with van der Waals surface area (Å²) in [7, 11) is 0. The van der Waals surface area contributed by atoms with E-state index in [1.54, 1.807) is 0 Å². The van der Waals surface area contributed by atoms with Gasteiger partial charge in [0, 0.05) is 18.3 Å². The zero-order valence-electron chi connectivity index (χ0n) is 12.6. The monoisotopic (exact) mass is 273 g/mol. The molecule has 0 radical (unpaired) electrons. The minimum atomic E-state index is 0.595. The highest BCUT2D eigenvalue weighted by atomic mass is 15.2. The largest absolute Gasteiger partial charge is 0.367 e. The van der Waals surface area contributed by atoms with Crippen molar-refractivity contribution in [3.63, 3.8) is 0 Å². The average Bonchev–Trinajstić information content (AvgIpc) is 3.30. The van der Waals surface area contributed by atoms with Crippen molar-refractivity contribution < 1.29 is 0 Å². The number of nitrogens with one attached hydrogen (secondary N) is 1. The first kappa shape index (κ1) is 13.9. The van der Waals surface area contributed by atoms with Crippen molar-refractivity contribution >= 4 is 5.82 Å². The molecule has 3 heteroatoms. The van der Waals surface area contributed by atoms with E-state index in [0.717, 1.165) is 5.82 Å². The number of hydrogen-bond acceptors (Lipinski definition) is 3. The standard InChI is InChI=1S/C17H27N3/c1-2-3-11-20-12-5-4-6-16(20)14-7-10-17(18-13-14)19-15-8-9-15/h7,10,13,15-16H,2-6,8-9,11-12H2,1H3,(H,18,19). The Morgan fingerprint density at radius 3 is 2.85 bits per heavy atom. The fraction of sp³-hybridized carbons (Fsp3) is 0.706. The molecule has 1 N–H and O–H groups in total. The maximum Gasteiger partial charge on any atom is 0.126 e. The molecule has 1 aromatic rings. The SMILES string of the molecule is CCCCN1CCCCC1c1ccc(NC2CC2)nc1. The van der Waals surface area contributed by atoms with Crippen LogP contribution in [-0.4, -0.2) is 29.0 Å². The van der Waals surface area contributed by atoms with Crippen LogP contribution in [0.2, 0.25) is 0 Å². The van der Waals surface area contributed by atoms with E-state index in [0.29, 0.717) is 12.1 Å². The van der Waals surface area contributed by atoms with E-state index in [4.69, 9.17) is 0 Å². The third-order valence-electron chi connectivity index (χ3n) is 4.51. The number of anilines is 1. The molecule has 1 unspecified atom stereocenters. The molecular weight excluding hydrogens is 246 g/mol. The maximum absolute atomic E-state index is 4.61. The van der Waals surface area contributed by atoms with Crippen LogP contribution in [0, 0.1) is 0 Å². The normalized spacial score (nSPS) is 23.8. The van der Waals surface area contributed by atoms with Gasteiger partial charge in [0.2, 0.25) is 0 Å². The van der Waals surface area contributed by atoms with Gasteiger partial charge < -0.3 is 5.32 Å². The Bertz CT molecular complexity index is 411. The molecule has 2 fully saturated rings. The van der Waals surface area contributed by atoms with E-state index in [1.807, 2.05) is 0 Å². The van der Waals surface area contributed by atoms with Crippen LogP contribution in [0.3, 0.4) is 0 Å². The third kappa shape index (κ3) is 3.51. The maximum atomic E-state index is 4.61. The topological polar surface area (TPSA) is 28.2 Å². The molecule has 3 rings (SSSR count). The summed E-state index contributed by atoms with van der Waals surface area (Å²) in [6, 6.07) is 5.73. The lowest BCUT2D eigenvalue weighted by molar-refractivity contribution is 0.146. The summed E-state index contributed by atoms with van der Waals surface area (Å²) in [6.07, 6.45) is 11.3. The van der Waals surface area contributed by atoms with Gasteiger partial charge in [-0.2, -0.15) is 0 Å². The fourth-order valence-corrected chi connectivity index (χ4v) is 3.12. The van der Waals surface area contributed by atoms with Crippen molar-refractivity contribution in [2.45, 2.75) is 64.0 Å². The second-order valence-electron chi connectivity index (χ2n) is 6.30. The fourth-order valence-electron chi connectivity index (χ4n) is 3.12. The number of hydrogen-bond donors (Lipinski definition) is 1. The van der Waals surface area contributed by atoms with Crippen molar-refractivity contribution in [2.75, 3.05) is 18.4 Å². The smallest absolute Gasteiger partial charge is 0.126 e. The van der Waals surface area contributed by atoms with Gasteiger partial charge in [-0.25, -0.2) is 4.98 Å². The lowest BCUT2D eigenvalue weighted by Gasteiger charge is -2.36. The van der Waals surface area contributed by atoms with Crippen molar-refractivity contribution in [2.24, 2.45) is 0 Å². The van der Waals surface area contributed by atoms with Crippen LogP contribution in [0.4, 0.5) is 5.82 Å². The number of piperidine rings is 1. The lowest BCUT2D eigenvalue weighted by atomic mass is 9.96. The Morgan fingerprint density at radius 1 is 1.25 bits per heavy atom. The van der Waals surface area contributed by atoms with E-state index in [9.17, 15) is 0 Å². The van der Waals surface area contributed by atoms with Gasteiger partial charge in [0.15, 0.2) is 0 Å². The van der Waals surface area contributed by atoms with Gasteiger partial charge in [-0.15, -0.1) is 0 Å². The molecule has 110 valence electrons. The Balaban J connectivity index is 1.65. The Morgan fingerprint density at radius 2 is 2.15 bits per heavy atom. The van der Waals surface area contributed by atoms with Crippen molar-refractivity contribution in [3.05, 3.63) is 23.9 Å². The molecule has 1 aliphatic carbocycles. The highest BCUT2D eigenvalue weighted by Gasteiger charge is 2.24. The summed E-state index contributed by atoms with van der Waals surface area (Å²) in [5, 5.41) is 3.47. The average molecular weight is 273 g/mol. The van der Waals surface area contributed by atoms with E-state index in [1.165, 1.54) is 63.6 Å². The van der Waals surface area contributed by atoms with Crippen LogP contribution < -0.4 is 5.32 Å². The first-order valence-corrected chi connectivity index (χ1v) is 8.33. The zero-order chi connectivity index (χ0) is 13.8. The van der Waals surface area contributed by atoms with Crippen LogP contribution in [0.1, 0.15) is 63.5 Å². The molecule has 1 saturated heterocycles. The van der Waals surface area contributed by atoms with Crippen LogP contribution in [-0.2, 0) is 0 Å². The number of likely N-dealkylation sites (tertiary alicyclic amines) is 1. The first-order valence-electron chi connectivity index (χ1n) is 8.33. The minimum Gasteiger partial charge on any atom is -0.367 e. The second-order valence-corrected chi connectivity index (χ2v) is 6.30. The molecular formula is C17H27N3.